The zero-order valence-corrected chi connectivity index (χ0v) is 18.1. The van der Waals surface area contributed by atoms with Crippen LogP contribution in [0.25, 0.3) is 37.8 Å². The monoisotopic (exact) mass is 432 g/mol. The Labute approximate surface area is 188 Å². The van der Waals surface area contributed by atoms with Crippen LogP contribution in [0.3, 0.4) is 0 Å². The van der Waals surface area contributed by atoms with Gasteiger partial charge in [-0.25, -0.2) is 0 Å². The van der Waals surface area contributed by atoms with Gasteiger partial charge >= 0.3 is 0 Å². The highest BCUT2D eigenvalue weighted by atomic mass is 32.2. The maximum Gasteiger partial charge on any atom is 0.218 e. The molecule has 3 nitrogen and oxygen atoms in total. The molecule has 1 aliphatic heterocycles. The Morgan fingerprint density at radius 2 is 1.47 bits per heavy atom. The lowest BCUT2D eigenvalue weighted by Crippen LogP contribution is -2.02. The van der Waals surface area contributed by atoms with Gasteiger partial charge in [0.1, 0.15) is 11.0 Å². The van der Waals surface area contributed by atoms with Crippen LogP contribution in [-0.4, -0.2) is 12.9 Å². The van der Waals surface area contributed by atoms with Crippen molar-refractivity contribution < 1.29 is 4.55 Å². The highest BCUT2D eigenvalue weighted by Gasteiger charge is 2.32. The van der Waals surface area contributed by atoms with Crippen LogP contribution in [0.2, 0.25) is 0 Å². The lowest BCUT2D eigenvalue weighted by atomic mass is 9.92. The fraction of sp³-hybridized carbons (Fsp3) is 0.0714. The third-order valence-electron chi connectivity index (χ3n) is 6.74. The number of hydrogen-bond donors (Lipinski definition) is 0. The Balaban J connectivity index is 1.68. The van der Waals surface area contributed by atoms with E-state index in [1.165, 1.54) is 27.6 Å². The van der Waals surface area contributed by atoms with Crippen molar-refractivity contribution in [2.75, 3.05) is 0 Å². The molecule has 32 heavy (non-hydrogen) atoms. The van der Waals surface area contributed by atoms with Gasteiger partial charge in [-0.15, -0.1) is 0 Å². The minimum Gasteiger partial charge on any atom is -0.570 e. The number of benzene rings is 4. The van der Waals surface area contributed by atoms with Crippen LogP contribution < -0.4 is 0 Å². The number of rotatable bonds is 2. The summed E-state index contributed by atoms with van der Waals surface area (Å²) >= 11 is 0. The lowest BCUT2D eigenvalue weighted by Gasteiger charge is -2.11. The number of aromatic nitrogens is 2. The van der Waals surface area contributed by atoms with Crippen LogP contribution in [0.15, 0.2) is 103 Å². The first-order valence-corrected chi connectivity index (χ1v) is 12.0. The normalized spacial score (nSPS) is 15.8. The summed E-state index contributed by atoms with van der Waals surface area (Å²) in [4.78, 5) is 0. The molecule has 0 spiro atoms. The van der Waals surface area contributed by atoms with Crippen molar-refractivity contribution in [3.05, 3.63) is 114 Å². The second-order valence-electron chi connectivity index (χ2n) is 8.42. The highest BCUT2D eigenvalue weighted by molar-refractivity contribution is 7.26. The van der Waals surface area contributed by atoms with E-state index >= 15 is 0 Å². The number of para-hydroxylation sites is 1. The summed E-state index contributed by atoms with van der Waals surface area (Å²) < 4.78 is 19.1. The van der Waals surface area contributed by atoms with E-state index in [0.717, 1.165) is 21.3 Å². The van der Waals surface area contributed by atoms with E-state index in [9.17, 15) is 4.55 Å². The number of hydrogen-bond acceptors (Lipinski definition) is 1. The van der Waals surface area contributed by atoms with Crippen LogP contribution >= 0.6 is 10.9 Å². The average Bonchev–Trinajstić information content (AvgIpc) is 3.41. The molecule has 2 aromatic heterocycles. The van der Waals surface area contributed by atoms with Crippen molar-refractivity contribution >= 4 is 37.6 Å². The molecule has 4 aromatic carbocycles. The predicted molar refractivity (Wildman–Crippen MR) is 132 cm³/mol. The first-order chi connectivity index (χ1) is 15.8. The molecule has 0 N–H and O–H groups in total. The molecule has 3 heterocycles. The molecule has 0 aliphatic carbocycles. The Morgan fingerprint density at radius 1 is 0.750 bits per heavy atom. The fourth-order valence-electron chi connectivity index (χ4n) is 5.30. The summed E-state index contributed by atoms with van der Waals surface area (Å²) in [6.07, 6.45) is 2.22. The lowest BCUT2D eigenvalue weighted by molar-refractivity contribution is 0.571. The molecule has 0 amide bonds. The van der Waals surface area contributed by atoms with E-state index in [0.29, 0.717) is 6.54 Å². The van der Waals surface area contributed by atoms with Gasteiger partial charge in [-0.3, -0.25) is 0 Å². The first-order valence-electron chi connectivity index (χ1n) is 10.9. The van der Waals surface area contributed by atoms with Crippen molar-refractivity contribution in [1.29, 1.82) is 0 Å². The van der Waals surface area contributed by atoms with Gasteiger partial charge in [0.2, 0.25) is 4.70 Å². The highest BCUT2D eigenvalue weighted by Crippen LogP contribution is 2.46. The summed E-state index contributed by atoms with van der Waals surface area (Å²) in [6, 6.07) is 33.7. The molecule has 154 valence electrons. The summed E-state index contributed by atoms with van der Waals surface area (Å²) in [5.41, 5.74) is 8.17. The standard InChI is InChI=1S/C28H20N2OS/c31-32-26-14-8-7-13-25(26)29-17-23(19-9-3-1-4-10-19)21-15-16-22-24(20-11-5-2-6-12-20)18-30(32)28(22)27(21)29/h1-17,24H,18H2. The molecule has 0 radical (unpaired) electrons. The SMILES string of the molecule is [O-][s+]1c2ccccc2n2cc(-c3ccccc3)c3ccc4c(c32)n1CC4c1ccccc1. The molecular formula is C28H20N2OS. The molecule has 2 unspecified atom stereocenters. The molecule has 0 saturated carbocycles. The fourth-order valence-corrected chi connectivity index (χ4v) is 6.72. The maximum absolute atomic E-state index is 13.9. The van der Waals surface area contributed by atoms with Crippen molar-refractivity contribution in [3.8, 4) is 11.1 Å². The summed E-state index contributed by atoms with van der Waals surface area (Å²) in [6.45, 7) is 0.714. The van der Waals surface area contributed by atoms with Gasteiger partial charge in [0.15, 0.2) is 0 Å². The van der Waals surface area contributed by atoms with E-state index in [-0.39, 0.29) is 5.92 Å². The van der Waals surface area contributed by atoms with E-state index in [1.807, 2.05) is 24.3 Å². The zero-order valence-electron chi connectivity index (χ0n) is 17.3. The van der Waals surface area contributed by atoms with E-state index in [1.54, 1.807) is 0 Å². The van der Waals surface area contributed by atoms with E-state index in [2.05, 4.69) is 87.4 Å². The number of fused-ring (bicyclic) bond motifs is 2. The van der Waals surface area contributed by atoms with Crippen molar-refractivity contribution in [3.63, 3.8) is 0 Å². The molecule has 0 saturated heterocycles. The molecular weight excluding hydrogens is 412 g/mol. The van der Waals surface area contributed by atoms with Crippen LogP contribution in [-0.2, 0) is 6.54 Å². The third-order valence-corrected chi connectivity index (χ3v) is 8.20. The van der Waals surface area contributed by atoms with Crippen molar-refractivity contribution in [2.24, 2.45) is 0 Å². The predicted octanol–water partition coefficient (Wildman–Crippen LogP) is 7.15. The molecule has 2 atom stereocenters. The number of nitrogens with zero attached hydrogens (tertiary/aromatic N) is 2. The second kappa shape index (κ2) is 6.70. The Kier molecular flexibility index (Phi) is 3.77. The molecule has 7 rings (SSSR count). The van der Waals surface area contributed by atoms with Crippen molar-refractivity contribution in [2.45, 2.75) is 12.5 Å². The van der Waals surface area contributed by atoms with Crippen LogP contribution in [0.4, 0.5) is 0 Å². The molecule has 4 heteroatoms. The van der Waals surface area contributed by atoms with Gasteiger partial charge < -0.3 is 8.95 Å². The second-order valence-corrected chi connectivity index (χ2v) is 9.80. The third kappa shape index (κ3) is 2.39. The quantitative estimate of drug-likeness (QED) is 0.267. The van der Waals surface area contributed by atoms with Crippen LogP contribution in [0.1, 0.15) is 17.0 Å². The minimum atomic E-state index is -1.26. The smallest absolute Gasteiger partial charge is 0.218 e. The van der Waals surface area contributed by atoms with Gasteiger partial charge in [0.05, 0.1) is 12.1 Å². The first kappa shape index (κ1) is 18.0. The zero-order chi connectivity index (χ0) is 21.2. The van der Waals surface area contributed by atoms with Crippen LogP contribution in [0.5, 0.6) is 0 Å². The Bertz CT molecular complexity index is 1660. The minimum absolute atomic E-state index is 0.202. The average molecular weight is 433 g/mol. The van der Waals surface area contributed by atoms with Gasteiger partial charge in [-0.1, -0.05) is 84.9 Å². The summed E-state index contributed by atoms with van der Waals surface area (Å²) in [7, 11) is -1.26. The van der Waals surface area contributed by atoms with E-state index in [4.69, 9.17) is 0 Å². The van der Waals surface area contributed by atoms with Crippen molar-refractivity contribution in [1.82, 2.24) is 8.36 Å². The molecule has 0 bridgehead atoms. The topological polar surface area (TPSA) is 32.4 Å². The van der Waals surface area contributed by atoms with Gasteiger partial charge in [-0.05, 0) is 22.8 Å². The molecule has 0 fully saturated rings. The molecule has 1 aliphatic rings. The summed E-state index contributed by atoms with van der Waals surface area (Å²) in [5, 5.41) is 1.20. The van der Waals surface area contributed by atoms with E-state index < -0.39 is 10.9 Å². The maximum atomic E-state index is 13.9. The molecule has 6 aromatic rings. The largest absolute Gasteiger partial charge is 0.570 e. The van der Waals surface area contributed by atoms with Gasteiger partial charge in [0.25, 0.3) is 0 Å². The Hall–Kier alpha value is -3.60. The Morgan fingerprint density at radius 3 is 2.28 bits per heavy atom. The van der Waals surface area contributed by atoms with Gasteiger partial charge in [0, 0.05) is 40.1 Å². The van der Waals surface area contributed by atoms with Gasteiger partial charge in [-0.2, -0.15) is 3.96 Å². The summed E-state index contributed by atoms with van der Waals surface area (Å²) in [5.74, 6) is 0.202. The van der Waals surface area contributed by atoms with Crippen LogP contribution in [0, 0.1) is 0 Å².